The first-order chi connectivity index (χ1) is 10.8. The number of hydrogen-bond donors (Lipinski definition) is 1. The number of carboxylic acids is 1. The maximum absolute atomic E-state index is 12.3. The summed E-state index contributed by atoms with van der Waals surface area (Å²) in [6.45, 7) is 0. The van der Waals surface area contributed by atoms with Crippen LogP contribution in [0.2, 0.25) is 0 Å². The van der Waals surface area contributed by atoms with Crippen molar-refractivity contribution in [2.24, 2.45) is 0 Å². The highest BCUT2D eigenvalue weighted by atomic mass is 32.2. The van der Waals surface area contributed by atoms with Gasteiger partial charge in [-0.2, -0.15) is 0 Å². The van der Waals surface area contributed by atoms with Gasteiger partial charge in [0.05, 0.1) is 5.56 Å². The van der Waals surface area contributed by atoms with E-state index in [-0.39, 0.29) is 28.3 Å². The molecule has 7 nitrogen and oxygen atoms in total. The van der Waals surface area contributed by atoms with Crippen LogP contribution in [0.15, 0.2) is 42.5 Å². The third-order valence-electron chi connectivity index (χ3n) is 3.17. The molecule has 8 heteroatoms. The first-order valence-corrected chi connectivity index (χ1v) is 7.15. The third-order valence-corrected chi connectivity index (χ3v) is 3.17. The molecule has 1 N–H and O–H groups in total. The summed E-state index contributed by atoms with van der Waals surface area (Å²) in [6.07, 6.45) is 0. The maximum Gasteiger partial charge on any atom is 0.425 e. The van der Waals surface area contributed by atoms with Crippen LogP contribution in [0.4, 0.5) is 0 Å². The van der Waals surface area contributed by atoms with Crippen molar-refractivity contribution < 1.29 is 32.1 Å². The first-order valence-electron chi connectivity index (χ1n) is 6.15. The van der Waals surface area contributed by atoms with Gasteiger partial charge in [0.15, 0.2) is 11.6 Å². The van der Waals surface area contributed by atoms with Crippen molar-refractivity contribution >= 4 is 28.1 Å². The Kier molecular flexibility index (Phi) is 4.47. The van der Waals surface area contributed by atoms with Gasteiger partial charge in [0.25, 0.3) is 0 Å². The molecule has 0 aromatic heterocycles. The fourth-order valence-corrected chi connectivity index (χ4v) is 2.23. The number of carbonyl (C=O) groups is 3. The van der Waals surface area contributed by atoms with Gasteiger partial charge >= 0.3 is 16.6 Å². The Labute approximate surface area is 131 Å². The van der Waals surface area contributed by atoms with Crippen LogP contribution in [-0.4, -0.2) is 35.3 Å². The van der Waals surface area contributed by atoms with E-state index in [1.165, 1.54) is 18.2 Å². The van der Waals surface area contributed by atoms with Crippen molar-refractivity contribution in [2.45, 2.75) is 0 Å². The predicted octanol–water partition coefficient (Wildman–Crippen LogP) is 1.16. The normalized spacial score (nSPS) is 11.7. The number of hydrogen-bond acceptors (Lipinski definition) is 6. The monoisotopic (exact) mass is 332 g/mol. The zero-order valence-corrected chi connectivity index (χ0v) is 12.2. The lowest BCUT2D eigenvalue weighted by atomic mass is 9.83. The molecule has 0 atom stereocenters. The lowest BCUT2D eigenvalue weighted by molar-refractivity contribution is 0.0696. The van der Waals surface area contributed by atoms with E-state index in [2.05, 4.69) is 0 Å². The molecule has 0 radical (unpaired) electrons. The van der Waals surface area contributed by atoms with Gasteiger partial charge in [-0.1, -0.05) is 24.3 Å². The standard InChI is InChI=1S/C15H8O4.O3S/c16-13-9-3-1-2-4-10(9)14(17)12-7-8(15(18)19)5-6-11(12)13;1-4(2)3/h1-7H,(H,18,19);. The highest BCUT2D eigenvalue weighted by Crippen LogP contribution is 2.27. The minimum Gasteiger partial charge on any atom is -0.478 e. The Hall–Kier alpha value is -3.13. The number of carboxylic acid groups (broad SMARTS) is 1. The van der Waals surface area contributed by atoms with Gasteiger partial charge in [0.1, 0.15) is 0 Å². The van der Waals surface area contributed by atoms with Crippen LogP contribution in [0, 0.1) is 0 Å². The number of rotatable bonds is 1. The van der Waals surface area contributed by atoms with Crippen LogP contribution < -0.4 is 0 Å². The molecule has 0 saturated heterocycles. The molecule has 116 valence electrons. The lowest BCUT2D eigenvalue weighted by Crippen LogP contribution is -2.21. The molecule has 0 unspecified atom stereocenters. The average molecular weight is 332 g/mol. The minimum atomic E-state index is -3.11. The van der Waals surface area contributed by atoms with Crippen LogP contribution in [0.3, 0.4) is 0 Å². The van der Waals surface area contributed by atoms with Crippen molar-refractivity contribution in [1.29, 1.82) is 0 Å². The van der Waals surface area contributed by atoms with E-state index >= 15 is 0 Å². The van der Waals surface area contributed by atoms with Gasteiger partial charge in [-0.3, -0.25) is 9.59 Å². The van der Waals surface area contributed by atoms with E-state index in [1.807, 2.05) is 0 Å². The van der Waals surface area contributed by atoms with Crippen molar-refractivity contribution in [3.8, 4) is 0 Å². The highest BCUT2D eigenvalue weighted by molar-refractivity contribution is 7.59. The first kappa shape index (κ1) is 16.2. The van der Waals surface area contributed by atoms with Crippen LogP contribution in [0.5, 0.6) is 0 Å². The third kappa shape index (κ3) is 3.22. The molecular formula is C15H8O7S. The highest BCUT2D eigenvalue weighted by Gasteiger charge is 2.29. The number of aromatic carboxylic acids is 1. The minimum absolute atomic E-state index is 0.000666. The molecule has 2 aromatic carbocycles. The topological polar surface area (TPSA) is 123 Å². The van der Waals surface area contributed by atoms with Crippen LogP contribution >= 0.6 is 0 Å². The van der Waals surface area contributed by atoms with E-state index in [1.54, 1.807) is 24.3 Å². The second-order valence-corrected chi connectivity index (χ2v) is 4.88. The van der Waals surface area contributed by atoms with Gasteiger partial charge in [-0.05, 0) is 18.2 Å². The maximum atomic E-state index is 12.3. The van der Waals surface area contributed by atoms with Crippen LogP contribution in [-0.2, 0) is 10.6 Å². The molecule has 2 aromatic rings. The Morgan fingerprint density at radius 2 is 1.22 bits per heavy atom. The van der Waals surface area contributed by atoms with Crippen molar-refractivity contribution in [3.05, 3.63) is 70.3 Å². The van der Waals surface area contributed by atoms with E-state index in [0.29, 0.717) is 11.1 Å². The number of carbonyl (C=O) groups excluding carboxylic acids is 2. The molecule has 0 fully saturated rings. The largest absolute Gasteiger partial charge is 0.478 e. The molecule has 0 heterocycles. The summed E-state index contributed by atoms with van der Waals surface area (Å²) in [4.78, 5) is 35.4. The van der Waals surface area contributed by atoms with Gasteiger partial charge in [-0.25, -0.2) is 4.79 Å². The molecule has 1 aliphatic rings. The zero-order valence-electron chi connectivity index (χ0n) is 11.3. The summed E-state index contributed by atoms with van der Waals surface area (Å²) in [6, 6.07) is 10.5. The van der Waals surface area contributed by atoms with Crippen molar-refractivity contribution in [2.75, 3.05) is 0 Å². The second kappa shape index (κ2) is 6.32. The van der Waals surface area contributed by atoms with Crippen molar-refractivity contribution in [3.63, 3.8) is 0 Å². The van der Waals surface area contributed by atoms with Gasteiger partial charge in [-0.15, -0.1) is 12.6 Å². The summed E-state index contributed by atoms with van der Waals surface area (Å²) in [5.41, 5.74) is 1.10. The zero-order chi connectivity index (χ0) is 17.1. The Morgan fingerprint density at radius 1 is 0.783 bits per heavy atom. The molecule has 0 amide bonds. The number of ketones is 2. The molecule has 3 rings (SSSR count). The van der Waals surface area contributed by atoms with E-state index in [9.17, 15) is 14.4 Å². The van der Waals surface area contributed by atoms with Gasteiger partial charge < -0.3 is 5.11 Å². The summed E-state index contributed by atoms with van der Waals surface area (Å²) >= 11 is 0. The smallest absolute Gasteiger partial charge is 0.425 e. The molecule has 0 saturated carbocycles. The number of fused-ring (bicyclic) bond motifs is 2. The molecule has 1 aliphatic carbocycles. The summed E-state index contributed by atoms with van der Waals surface area (Å²) < 4.78 is 25.3. The molecule has 0 bridgehead atoms. The second-order valence-electron chi connectivity index (χ2n) is 4.47. The van der Waals surface area contributed by atoms with Crippen LogP contribution in [0.1, 0.15) is 42.2 Å². The predicted molar refractivity (Wildman–Crippen MR) is 76.4 cm³/mol. The van der Waals surface area contributed by atoms with Gasteiger partial charge in [0.2, 0.25) is 0 Å². The molecule has 23 heavy (non-hydrogen) atoms. The summed E-state index contributed by atoms with van der Waals surface area (Å²) in [5.74, 6) is -1.68. The Bertz CT molecular complexity index is 936. The fraction of sp³-hybridized carbons (Fsp3) is 0. The van der Waals surface area contributed by atoms with E-state index in [0.717, 1.165) is 0 Å². The Morgan fingerprint density at radius 3 is 1.70 bits per heavy atom. The lowest BCUT2D eigenvalue weighted by Gasteiger charge is -2.17. The SMILES string of the molecule is O=C(O)c1ccc2c(c1)C(=O)c1ccccc1C2=O.O=S(=O)=O. The van der Waals surface area contributed by atoms with E-state index in [4.69, 9.17) is 17.7 Å². The fourth-order valence-electron chi connectivity index (χ4n) is 2.23. The van der Waals surface area contributed by atoms with Crippen LogP contribution in [0.25, 0.3) is 0 Å². The van der Waals surface area contributed by atoms with Gasteiger partial charge in [0, 0.05) is 22.3 Å². The van der Waals surface area contributed by atoms with E-state index < -0.39 is 16.6 Å². The molecule has 0 aliphatic heterocycles. The summed E-state index contributed by atoms with van der Waals surface area (Å²) in [7, 11) is -3.11. The Balaban J connectivity index is 0.000000433. The summed E-state index contributed by atoms with van der Waals surface area (Å²) in [5, 5.41) is 8.94. The average Bonchev–Trinajstić information content (AvgIpc) is 2.51. The number of benzene rings is 2. The van der Waals surface area contributed by atoms with Crippen molar-refractivity contribution in [1.82, 2.24) is 0 Å². The molecular weight excluding hydrogens is 324 g/mol. The quantitative estimate of drug-likeness (QED) is 0.709. The molecule has 0 spiro atoms.